The molecule has 274 valence electrons. The summed E-state index contributed by atoms with van der Waals surface area (Å²) in [6, 6.07) is 11.0. The molecule has 0 aliphatic rings. The number of amides is 1. The van der Waals surface area contributed by atoms with Gasteiger partial charge in [0.15, 0.2) is 0 Å². The lowest BCUT2D eigenvalue weighted by atomic mass is 10.1. The zero-order valence-corrected chi connectivity index (χ0v) is 30.8. The molecule has 0 fully saturated rings. The molecule has 0 spiro atoms. The number of nitrogens with one attached hydrogen (secondary N) is 2. The van der Waals surface area contributed by atoms with Crippen molar-refractivity contribution in [2.24, 2.45) is 0 Å². The molecular formula is C35H45N7O8S. The molecule has 4 aromatic rings. The topological polar surface area (TPSA) is 177 Å². The van der Waals surface area contributed by atoms with E-state index in [0.717, 1.165) is 23.1 Å². The maximum atomic E-state index is 13.3. The standard InChI is InChI=1S/C35H45N7O8S/c1-22(2)49-34(44)25-20-36-35(39-33(25)26-21-42(50-23(3)4)29-13-10-9-12-24(26)29)38-28-18-27(37-32(43)14-11-17-51(45,46)47)30(19-31(28)48-8)41(7)16-15-40(5)6/h9-14,18-23H,15-17H2,1-8H3,(H,37,43)(H,36,38,39)(H,45,46,47)/b14-11+. The molecule has 2 aromatic carbocycles. The van der Waals surface area contributed by atoms with Crippen LogP contribution in [0.3, 0.4) is 0 Å². The van der Waals surface area contributed by atoms with E-state index in [2.05, 4.69) is 15.6 Å². The lowest BCUT2D eigenvalue weighted by Crippen LogP contribution is -2.29. The van der Waals surface area contributed by atoms with Crippen molar-refractivity contribution < 1.29 is 36.9 Å². The maximum absolute atomic E-state index is 13.3. The smallest absolute Gasteiger partial charge is 0.342 e. The Hall–Kier alpha value is -5.19. The average Bonchev–Trinajstić information content (AvgIpc) is 3.40. The van der Waals surface area contributed by atoms with Gasteiger partial charge in [-0.15, -0.1) is 0 Å². The number of nitrogens with zero attached hydrogens (tertiary/aromatic N) is 5. The number of esters is 1. The van der Waals surface area contributed by atoms with Gasteiger partial charge in [0.1, 0.15) is 17.4 Å². The van der Waals surface area contributed by atoms with Crippen LogP contribution in [0.2, 0.25) is 0 Å². The molecule has 2 aromatic heterocycles. The fourth-order valence-electron chi connectivity index (χ4n) is 5.02. The highest BCUT2D eigenvalue weighted by atomic mass is 32.2. The predicted molar refractivity (Wildman–Crippen MR) is 198 cm³/mol. The largest absolute Gasteiger partial charge is 0.494 e. The summed E-state index contributed by atoms with van der Waals surface area (Å²) in [5, 5.41) is 6.75. The summed E-state index contributed by atoms with van der Waals surface area (Å²) in [4.78, 5) is 45.5. The molecule has 0 aliphatic heterocycles. The summed E-state index contributed by atoms with van der Waals surface area (Å²) < 4.78 is 44.3. The van der Waals surface area contributed by atoms with Crippen LogP contribution in [-0.4, -0.2) is 104 Å². The van der Waals surface area contributed by atoms with Crippen molar-refractivity contribution in [2.45, 2.75) is 39.9 Å². The van der Waals surface area contributed by atoms with Gasteiger partial charge in [-0.05, 0) is 53.9 Å². The Balaban J connectivity index is 1.83. The van der Waals surface area contributed by atoms with E-state index in [1.54, 1.807) is 36.9 Å². The van der Waals surface area contributed by atoms with E-state index < -0.39 is 27.7 Å². The lowest BCUT2D eigenvalue weighted by Gasteiger charge is -2.26. The lowest BCUT2D eigenvalue weighted by molar-refractivity contribution is -0.111. The van der Waals surface area contributed by atoms with Crippen molar-refractivity contribution in [3.05, 3.63) is 66.5 Å². The number of likely N-dealkylation sites (N-methyl/N-ethyl adjacent to an activating group) is 2. The number of benzene rings is 2. The molecule has 2 heterocycles. The van der Waals surface area contributed by atoms with Gasteiger partial charge in [0.2, 0.25) is 11.9 Å². The monoisotopic (exact) mass is 723 g/mol. The van der Waals surface area contributed by atoms with Gasteiger partial charge in [-0.3, -0.25) is 9.35 Å². The summed E-state index contributed by atoms with van der Waals surface area (Å²) >= 11 is 0. The molecule has 51 heavy (non-hydrogen) atoms. The van der Waals surface area contributed by atoms with Crippen LogP contribution in [0.15, 0.2) is 60.9 Å². The predicted octanol–water partition coefficient (Wildman–Crippen LogP) is 4.63. The first-order valence-corrected chi connectivity index (χ1v) is 17.8. The normalized spacial score (nSPS) is 11.8. The molecule has 4 rings (SSSR count). The number of aromatic nitrogens is 3. The van der Waals surface area contributed by atoms with Crippen molar-refractivity contribution in [1.82, 2.24) is 19.6 Å². The Kier molecular flexibility index (Phi) is 12.6. The SMILES string of the molecule is COc1cc(N(C)CCN(C)C)c(NC(=O)/C=C/CS(=O)(=O)O)cc1Nc1ncc(C(=O)OC(C)C)c(-c2cn(OC(C)C)c3ccccc23)n1. The molecule has 1 amide bonds. The second-order valence-corrected chi connectivity index (χ2v) is 14.0. The summed E-state index contributed by atoms with van der Waals surface area (Å²) in [6.45, 7) is 8.65. The van der Waals surface area contributed by atoms with E-state index in [1.165, 1.54) is 13.3 Å². The molecule has 15 nitrogen and oxygen atoms in total. The van der Waals surface area contributed by atoms with Gasteiger partial charge in [-0.2, -0.15) is 13.1 Å². The molecular weight excluding hydrogens is 678 g/mol. The van der Waals surface area contributed by atoms with Gasteiger partial charge in [-0.25, -0.2) is 14.8 Å². The molecule has 0 saturated heterocycles. The number of para-hydroxylation sites is 1. The van der Waals surface area contributed by atoms with Crippen molar-refractivity contribution >= 4 is 55.9 Å². The number of methoxy groups -OCH3 is 1. The van der Waals surface area contributed by atoms with E-state index in [9.17, 15) is 18.0 Å². The third-order valence-corrected chi connectivity index (χ3v) is 7.91. The van der Waals surface area contributed by atoms with Crippen LogP contribution in [0.5, 0.6) is 5.75 Å². The van der Waals surface area contributed by atoms with Crippen LogP contribution in [0, 0.1) is 0 Å². The Morgan fingerprint density at radius 3 is 2.41 bits per heavy atom. The fraction of sp³-hybridized carbons (Fsp3) is 0.371. The van der Waals surface area contributed by atoms with Crippen LogP contribution < -0.4 is 25.1 Å². The molecule has 0 atom stereocenters. The van der Waals surface area contributed by atoms with Crippen LogP contribution >= 0.6 is 0 Å². The number of carbonyl (C=O) groups excluding carboxylic acids is 2. The van der Waals surface area contributed by atoms with Crippen molar-refractivity contribution in [1.29, 1.82) is 0 Å². The number of hydrogen-bond donors (Lipinski definition) is 3. The van der Waals surface area contributed by atoms with E-state index in [1.807, 2.05) is 69.1 Å². The fourth-order valence-corrected chi connectivity index (χ4v) is 5.36. The highest BCUT2D eigenvalue weighted by molar-refractivity contribution is 7.85. The highest BCUT2D eigenvalue weighted by Crippen LogP contribution is 2.39. The van der Waals surface area contributed by atoms with Crippen LogP contribution in [-0.2, 0) is 19.6 Å². The third-order valence-electron chi connectivity index (χ3n) is 7.30. The molecule has 0 bridgehead atoms. The van der Waals surface area contributed by atoms with Gasteiger partial charge in [0.05, 0.1) is 53.4 Å². The van der Waals surface area contributed by atoms with Crippen LogP contribution in [0.4, 0.5) is 23.0 Å². The van der Waals surface area contributed by atoms with E-state index in [0.29, 0.717) is 47.2 Å². The van der Waals surface area contributed by atoms with Gasteiger partial charge in [0.25, 0.3) is 10.1 Å². The minimum Gasteiger partial charge on any atom is -0.494 e. The number of carbonyl (C=O) groups is 2. The average molecular weight is 724 g/mol. The van der Waals surface area contributed by atoms with Gasteiger partial charge in [0, 0.05) is 49.4 Å². The number of hydrogen-bond acceptors (Lipinski definition) is 12. The Labute approximate surface area is 297 Å². The van der Waals surface area contributed by atoms with E-state index in [4.69, 9.17) is 23.8 Å². The second kappa shape index (κ2) is 16.7. The molecule has 3 N–H and O–H groups in total. The molecule has 0 saturated carbocycles. The summed E-state index contributed by atoms with van der Waals surface area (Å²) in [6.07, 6.45) is 4.72. The summed E-state index contributed by atoms with van der Waals surface area (Å²) in [7, 11) is 2.96. The number of rotatable bonds is 16. The van der Waals surface area contributed by atoms with Gasteiger partial charge in [-0.1, -0.05) is 24.3 Å². The highest BCUT2D eigenvalue weighted by Gasteiger charge is 2.24. The first kappa shape index (κ1) is 38.6. The Morgan fingerprint density at radius 1 is 1.04 bits per heavy atom. The molecule has 0 aliphatic carbocycles. The summed E-state index contributed by atoms with van der Waals surface area (Å²) in [5.74, 6) is -1.41. The van der Waals surface area contributed by atoms with Gasteiger partial charge >= 0.3 is 5.97 Å². The van der Waals surface area contributed by atoms with E-state index >= 15 is 0 Å². The molecule has 16 heteroatoms. The zero-order valence-electron chi connectivity index (χ0n) is 30.0. The molecule has 0 unspecified atom stereocenters. The minimum atomic E-state index is -4.29. The second-order valence-electron chi connectivity index (χ2n) is 12.5. The minimum absolute atomic E-state index is 0.116. The van der Waals surface area contributed by atoms with Crippen molar-refractivity contribution in [3.63, 3.8) is 0 Å². The van der Waals surface area contributed by atoms with Crippen LogP contribution in [0.25, 0.3) is 22.2 Å². The zero-order chi connectivity index (χ0) is 37.5. The molecule has 0 radical (unpaired) electrons. The number of ether oxygens (including phenoxy) is 2. The third kappa shape index (κ3) is 10.4. The van der Waals surface area contributed by atoms with Gasteiger partial charge < -0.3 is 34.7 Å². The number of anilines is 4. The first-order valence-electron chi connectivity index (χ1n) is 16.2. The quantitative estimate of drug-likeness (QED) is 0.0829. The Bertz CT molecular complexity index is 2010. The Morgan fingerprint density at radius 2 is 1.76 bits per heavy atom. The maximum Gasteiger partial charge on any atom is 0.342 e. The van der Waals surface area contributed by atoms with E-state index in [-0.39, 0.29) is 23.7 Å². The van der Waals surface area contributed by atoms with Crippen molar-refractivity contribution in [3.8, 4) is 17.0 Å². The number of fused-ring (bicyclic) bond motifs is 1. The summed E-state index contributed by atoms with van der Waals surface area (Å²) in [5.41, 5.74) is 3.21. The van der Waals surface area contributed by atoms with Crippen LogP contribution in [0.1, 0.15) is 38.1 Å². The van der Waals surface area contributed by atoms with Crippen molar-refractivity contribution in [2.75, 3.05) is 62.6 Å². The first-order chi connectivity index (χ1) is 24.1.